The Balaban J connectivity index is 1.83. The maximum atomic E-state index is 12.4. The number of carbonyl (C=O) groups excluding carboxylic acids is 2. The molecule has 152 valence electrons. The molecule has 0 unspecified atom stereocenters. The van der Waals surface area contributed by atoms with Crippen molar-refractivity contribution < 1.29 is 19.1 Å². The lowest BCUT2D eigenvalue weighted by molar-refractivity contribution is 0.0237. The first-order valence-corrected chi connectivity index (χ1v) is 9.36. The smallest absolute Gasteiger partial charge is 0.410 e. The summed E-state index contributed by atoms with van der Waals surface area (Å²) >= 11 is 0. The second kappa shape index (κ2) is 7.33. The lowest BCUT2D eigenvalue weighted by atomic mass is 10.1. The molecule has 8 heteroatoms. The van der Waals surface area contributed by atoms with E-state index < -0.39 is 11.6 Å². The molecule has 0 N–H and O–H groups in total. The fourth-order valence-corrected chi connectivity index (χ4v) is 3.52. The summed E-state index contributed by atoms with van der Waals surface area (Å²) in [6.45, 7) is 7.09. The van der Waals surface area contributed by atoms with Crippen LogP contribution in [0.15, 0.2) is 18.3 Å². The predicted molar refractivity (Wildman–Crippen MR) is 107 cm³/mol. The summed E-state index contributed by atoms with van der Waals surface area (Å²) in [6, 6.07) is 3.73. The fourth-order valence-electron chi connectivity index (χ4n) is 3.52. The molecule has 1 aromatic heterocycles. The number of esters is 1. The Morgan fingerprint density at radius 1 is 1.29 bits per heavy atom. The van der Waals surface area contributed by atoms with Crippen LogP contribution in [-0.4, -0.2) is 65.6 Å². The molecule has 0 spiro atoms. The molecule has 8 nitrogen and oxygen atoms in total. The van der Waals surface area contributed by atoms with E-state index in [4.69, 9.17) is 9.47 Å². The highest BCUT2D eigenvalue weighted by Crippen LogP contribution is 2.32. The summed E-state index contributed by atoms with van der Waals surface area (Å²) < 4.78 is 12.1. The van der Waals surface area contributed by atoms with Crippen LogP contribution in [0.3, 0.4) is 0 Å². The van der Waals surface area contributed by atoms with E-state index in [0.717, 1.165) is 24.0 Å². The predicted octanol–water partition coefficient (Wildman–Crippen LogP) is 2.81. The average molecular weight is 388 g/mol. The third-order valence-electron chi connectivity index (χ3n) is 4.91. The highest BCUT2D eigenvalue weighted by molar-refractivity contribution is 6.06. The number of amides is 1. The number of methoxy groups -OCH3 is 1. The third kappa shape index (κ3) is 3.90. The van der Waals surface area contributed by atoms with Crippen molar-refractivity contribution in [3.05, 3.63) is 23.9 Å². The maximum Gasteiger partial charge on any atom is 0.410 e. The number of anilines is 1. The lowest BCUT2D eigenvalue weighted by Gasteiger charge is -2.29. The van der Waals surface area contributed by atoms with Gasteiger partial charge in [-0.15, -0.1) is 0 Å². The maximum absolute atomic E-state index is 12.4. The second-order valence-corrected chi connectivity index (χ2v) is 8.17. The number of likely N-dealkylation sites (N-methyl/N-ethyl adjacent to an activating group) is 1. The first-order chi connectivity index (χ1) is 13.1. The van der Waals surface area contributed by atoms with Gasteiger partial charge < -0.3 is 19.3 Å². The van der Waals surface area contributed by atoms with Crippen molar-refractivity contribution in [3.8, 4) is 0 Å². The van der Waals surface area contributed by atoms with Crippen molar-refractivity contribution in [3.63, 3.8) is 0 Å². The Morgan fingerprint density at radius 3 is 2.64 bits per heavy atom. The normalized spacial score (nSPS) is 17.1. The quantitative estimate of drug-likeness (QED) is 0.753. The van der Waals surface area contributed by atoms with Crippen molar-refractivity contribution in [1.29, 1.82) is 0 Å². The van der Waals surface area contributed by atoms with Crippen LogP contribution in [0.25, 0.3) is 10.9 Å². The van der Waals surface area contributed by atoms with Crippen molar-refractivity contribution in [1.82, 2.24) is 14.7 Å². The van der Waals surface area contributed by atoms with E-state index in [1.165, 1.54) is 7.11 Å². The van der Waals surface area contributed by atoms with Gasteiger partial charge in [0, 0.05) is 44.5 Å². The summed E-state index contributed by atoms with van der Waals surface area (Å²) in [5.41, 5.74) is 1.55. The van der Waals surface area contributed by atoms with Gasteiger partial charge in [-0.3, -0.25) is 4.68 Å². The summed E-state index contributed by atoms with van der Waals surface area (Å²) in [4.78, 5) is 28.3. The summed E-state index contributed by atoms with van der Waals surface area (Å²) in [5, 5.41) is 5.34. The summed E-state index contributed by atoms with van der Waals surface area (Å²) in [6.07, 6.45) is 2.44. The number of fused-ring (bicyclic) bond motifs is 1. The molecular weight excluding hydrogens is 360 g/mol. The van der Waals surface area contributed by atoms with Crippen molar-refractivity contribution in [2.24, 2.45) is 7.05 Å². The van der Waals surface area contributed by atoms with Crippen LogP contribution in [0, 0.1) is 0 Å². The van der Waals surface area contributed by atoms with Crippen LogP contribution in [0.2, 0.25) is 0 Å². The van der Waals surface area contributed by atoms with E-state index in [9.17, 15) is 9.59 Å². The van der Waals surface area contributed by atoms with Crippen molar-refractivity contribution in [2.75, 3.05) is 32.1 Å². The number of hydrogen-bond donors (Lipinski definition) is 0. The molecule has 1 aromatic carbocycles. The summed E-state index contributed by atoms with van der Waals surface area (Å²) in [5.74, 6) is -0.404. The lowest BCUT2D eigenvalue weighted by Crippen LogP contribution is -2.42. The van der Waals surface area contributed by atoms with Crippen LogP contribution in [0.5, 0.6) is 0 Å². The number of aromatic nitrogens is 2. The molecule has 1 amide bonds. The molecule has 0 saturated carbocycles. The molecule has 1 fully saturated rings. The van der Waals surface area contributed by atoms with Crippen molar-refractivity contribution >= 4 is 28.7 Å². The minimum Gasteiger partial charge on any atom is -0.465 e. The van der Waals surface area contributed by atoms with Gasteiger partial charge >= 0.3 is 12.1 Å². The van der Waals surface area contributed by atoms with Gasteiger partial charge in [0.2, 0.25) is 0 Å². The van der Waals surface area contributed by atoms with Gasteiger partial charge in [0.15, 0.2) is 0 Å². The minimum absolute atomic E-state index is 0.0573. The third-order valence-corrected chi connectivity index (χ3v) is 4.91. The molecule has 1 aliphatic heterocycles. The van der Waals surface area contributed by atoms with Gasteiger partial charge in [0.1, 0.15) is 11.1 Å². The number of benzene rings is 1. The standard InChI is InChI=1S/C20H28N4O4/c1-20(2,3)28-19(26)23(5)13-9-10-24(11-13)16-8-7-14(18(25)27-6)17-15(16)12-22(4)21-17/h7-8,12-13H,9-11H2,1-6H3/t13-/m1/s1. The van der Waals surface area contributed by atoms with Gasteiger partial charge in [-0.05, 0) is 39.3 Å². The van der Waals surface area contributed by atoms with Crippen LogP contribution < -0.4 is 4.90 Å². The van der Waals surface area contributed by atoms with Gasteiger partial charge in [0.05, 0.1) is 18.7 Å². The molecule has 1 atom stereocenters. The first kappa shape index (κ1) is 20.0. The zero-order valence-electron chi connectivity index (χ0n) is 17.4. The Kier molecular flexibility index (Phi) is 5.23. The van der Waals surface area contributed by atoms with Crippen LogP contribution in [0.4, 0.5) is 10.5 Å². The van der Waals surface area contributed by atoms with E-state index in [1.54, 1.807) is 22.7 Å². The molecule has 3 rings (SSSR count). The van der Waals surface area contributed by atoms with E-state index in [2.05, 4.69) is 10.00 Å². The van der Waals surface area contributed by atoms with Gasteiger partial charge in [-0.1, -0.05) is 0 Å². The Labute approximate surface area is 165 Å². The molecule has 0 bridgehead atoms. The van der Waals surface area contributed by atoms with Gasteiger partial charge in [0.25, 0.3) is 0 Å². The van der Waals surface area contributed by atoms with Gasteiger partial charge in [-0.2, -0.15) is 5.10 Å². The Morgan fingerprint density at radius 2 is 2.00 bits per heavy atom. The monoisotopic (exact) mass is 388 g/mol. The van der Waals surface area contributed by atoms with E-state index in [-0.39, 0.29) is 12.1 Å². The molecule has 1 saturated heterocycles. The zero-order chi connectivity index (χ0) is 20.6. The number of nitrogens with zero attached hydrogens (tertiary/aromatic N) is 4. The minimum atomic E-state index is -0.519. The zero-order valence-corrected chi connectivity index (χ0v) is 17.4. The van der Waals surface area contributed by atoms with E-state index in [1.807, 2.05) is 40.1 Å². The SMILES string of the molecule is COC(=O)c1ccc(N2CC[C@@H](N(C)C(=O)OC(C)(C)C)C2)c2cn(C)nc12. The Hall–Kier alpha value is -2.77. The van der Waals surface area contributed by atoms with Crippen LogP contribution >= 0.6 is 0 Å². The average Bonchev–Trinajstić information content (AvgIpc) is 3.24. The van der Waals surface area contributed by atoms with E-state index >= 15 is 0 Å². The molecule has 0 radical (unpaired) electrons. The number of ether oxygens (including phenoxy) is 2. The highest BCUT2D eigenvalue weighted by Gasteiger charge is 2.32. The molecule has 2 aromatic rings. The number of carbonyl (C=O) groups is 2. The van der Waals surface area contributed by atoms with Crippen LogP contribution in [0.1, 0.15) is 37.6 Å². The number of rotatable bonds is 3. The largest absolute Gasteiger partial charge is 0.465 e. The first-order valence-electron chi connectivity index (χ1n) is 9.36. The topological polar surface area (TPSA) is 76.9 Å². The Bertz CT molecular complexity index is 899. The van der Waals surface area contributed by atoms with Gasteiger partial charge in [-0.25, -0.2) is 9.59 Å². The number of aryl methyl sites for hydroxylation is 1. The molecule has 28 heavy (non-hydrogen) atoms. The second-order valence-electron chi connectivity index (χ2n) is 8.17. The van der Waals surface area contributed by atoms with Crippen LogP contribution in [-0.2, 0) is 16.5 Å². The van der Waals surface area contributed by atoms with E-state index in [0.29, 0.717) is 17.6 Å². The molecule has 1 aliphatic rings. The number of hydrogen-bond acceptors (Lipinski definition) is 6. The fraction of sp³-hybridized carbons (Fsp3) is 0.550. The molecular formula is C20H28N4O4. The highest BCUT2D eigenvalue weighted by atomic mass is 16.6. The summed E-state index contributed by atoms with van der Waals surface area (Å²) in [7, 11) is 4.97. The van der Waals surface area contributed by atoms with Crippen molar-refractivity contribution in [2.45, 2.75) is 38.8 Å². The molecule has 2 heterocycles. The molecule has 0 aliphatic carbocycles.